The number of imidazole rings is 1. The van der Waals surface area contributed by atoms with Gasteiger partial charge in [-0.15, -0.1) is 0 Å². The predicted molar refractivity (Wildman–Crippen MR) is 76.1 cm³/mol. The third-order valence-corrected chi connectivity index (χ3v) is 5.86. The molecule has 6 nitrogen and oxygen atoms in total. The molecule has 20 heavy (non-hydrogen) atoms. The summed E-state index contributed by atoms with van der Waals surface area (Å²) in [6.07, 6.45) is 5.62. The van der Waals surface area contributed by atoms with E-state index in [0.29, 0.717) is 12.0 Å². The molecule has 2 aromatic rings. The second-order valence-corrected chi connectivity index (χ2v) is 6.85. The molecule has 4 heterocycles. The highest BCUT2D eigenvalue weighted by atomic mass is 79.9. The van der Waals surface area contributed by atoms with Gasteiger partial charge in [0.2, 0.25) is 0 Å². The van der Waals surface area contributed by atoms with Crippen LogP contribution in [0.25, 0.3) is 11.2 Å². The maximum atomic E-state index is 6.19. The molecule has 4 bridgehead atoms. The van der Waals surface area contributed by atoms with Crippen molar-refractivity contribution in [3.05, 3.63) is 11.1 Å². The summed E-state index contributed by atoms with van der Waals surface area (Å²) in [7, 11) is 1.93. The number of halogens is 1. The standard InChI is InChI=1S/C13H14BrN5O/c1-19-11-9(17-12(19)14)10(15-5-16-11)18-13-4-6-2-7(13)3-8(6)20-13/h5-8H,2-4H2,1H3,(H,15,16,18). The molecule has 0 spiro atoms. The van der Waals surface area contributed by atoms with E-state index in [4.69, 9.17) is 4.74 Å². The summed E-state index contributed by atoms with van der Waals surface area (Å²) in [5, 5.41) is 3.55. The van der Waals surface area contributed by atoms with Crippen LogP contribution in [-0.2, 0) is 11.8 Å². The Kier molecular flexibility index (Phi) is 2.01. The number of rotatable bonds is 2. The van der Waals surface area contributed by atoms with E-state index >= 15 is 0 Å². The van der Waals surface area contributed by atoms with Gasteiger partial charge in [0.15, 0.2) is 21.7 Å². The molecule has 4 unspecified atom stereocenters. The van der Waals surface area contributed by atoms with Crippen LogP contribution in [0.3, 0.4) is 0 Å². The molecule has 104 valence electrons. The molecule has 4 atom stereocenters. The molecule has 4 fully saturated rings. The van der Waals surface area contributed by atoms with Gasteiger partial charge in [-0.05, 0) is 34.7 Å². The summed E-state index contributed by atoms with van der Waals surface area (Å²) in [6.45, 7) is 0. The zero-order valence-electron chi connectivity index (χ0n) is 11.0. The number of ether oxygens (including phenoxy) is 1. The SMILES string of the molecule is Cn1c(Br)nc2c(NC34CC5CC3CC5O4)ncnc21. The largest absolute Gasteiger partial charge is 0.352 e. The average Bonchev–Trinajstić information content (AvgIpc) is 3.16. The van der Waals surface area contributed by atoms with Crippen LogP contribution in [0.2, 0.25) is 0 Å². The molecule has 6 rings (SSSR count). The van der Waals surface area contributed by atoms with Crippen LogP contribution in [0.5, 0.6) is 0 Å². The predicted octanol–water partition coefficient (Wildman–Crippen LogP) is 2.06. The Hall–Kier alpha value is -1.21. The van der Waals surface area contributed by atoms with Crippen molar-refractivity contribution < 1.29 is 4.74 Å². The molecule has 2 saturated carbocycles. The van der Waals surface area contributed by atoms with Gasteiger partial charge in [0.1, 0.15) is 12.1 Å². The maximum Gasteiger partial charge on any atom is 0.179 e. The second kappa shape index (κ2) is 3.51. The van der Waals surface area contributed by atoms with Crippen molar-refractivity contribution in [2.24, 2.45) is 18.9 Å². The number of anilines is 1. The average molecular weight is 336 g/mol. The van der Waals surface area contributed by atoms with Crippen molar-refractivity contribution in [1.29, 1.82) is 0 Å². The van der Waals surface area contributed by atoms with Gasteiger partial charge in [0.25, 0.3) is 0 Å². The Balaban J connectivity index is 1.61. The van der Waals surface area contributed by atoms with Crippen LogP contribution in [0.4, 0.5) is 5.82 Å². The Morgan fingerprint density at radius 3 is 3.00 bits per heavy atom. The summed E-state index contributed by atoms with van der Waals surface area (Å²) in [6, 6.07) is 0. The number of aromatic nitrogens is 4. The number of nitrogens with zero attached hydrogens (tertiary/aromatic N) is 4. The minimum atomic E-state index is -0.208. The van der Waals surface area contributed by atoms with Gasteiger partial charge in [-0.2, -0.15) is 0 Å². The van der Waals surface area contributed by atoms with E-state index in [9.17, 15) is 0 Å². The molecule has 1 N–H and O–H groups in total. The Bertz CT molecular complexity index is 715. The maximum absolute atomic E-state index is 6.19. The zero-order valence-corrected chi connectivity index (χ0v) is 12.6. The van der Waals surface area contributed by atoms with Gasteiger partial charge in [-0.3, -0.25) is 0 Å². The summed E-state index contributed by atoms with van der Waals surface area (Å²) in [5.74, 6) is 2.14. The summed E-state index contributed by atoms with van der Waals surface area (Å²) >= 11 is 3.44. The van der Waals surface area contributed by atoms with E-state index in [1.807, 2.05) is 11.6 Å². The fraction of sp³-hybridized carbons (Fsp3) is 0.615. The summed E-state index contributed by atoms with van der Waals surface area (Å²) < 4.78 is 8.86. The lowest BCUT2D eigenvalue weighted by Crippen LogP contribution is -2.39. The summed E-state index contributed by atoms with van der Waals surface area (Å²) in [4.78, 5) is 13.2. The van der Waals surface area contributed by atoms with Gasteiger partial charge in [0, 0.05) is 19.4 Å². The van der Waals surface area contributed by atoms with E-state index in [2.05, 4.69) is 36.2 Å². The molecule has 4 aliphatic rings. The quantitative estimate of drug-likeness (QED) is 0.851. The van der Waals surface area contributed by atoms with E-state index in [1.54, 1.807) is 6.33 Å². The molecule has 2 aliphatic heterocycles. The molecule has 2 saturated heterocycles. The van der Waals surface area contributed by atoms with Crippen molar-refractivity contribution >= 4 is 32.9 Å². The Labute approximate surface area is 124 Å². The molecular weight excluding hydrogens is 322 g/mol. The van der Waals surface area contributed by atoms with E-state index in [1.165, 1.54) is 12.8 Å². The van der Waals surface area contributed by atoms with Crippen LogP contribution in [0.1, 0.15) is 19.3 Å². The lowest BCUT2D eigenvalue weighted by molar-refractivity contribution is -0.00408. The minimum absolute atomic E-state index is 0.208. The number of nitrogens with one attached hydrogen (secondary N) is 1. The van der Waals surface area contributed by atoms with Crippen molar-refractivity contribution in [3.8, 4) is 0 Å². The highest BCUT2D eigenvalue weighted by Gasteiger charge is 2.65. The fourth-order valence-corrected chi connectivity index (χ4v) is 4.59. The smallest absolute Gasteiger partial charge is 0.179 e. The fourth-order valence-electron chi connectivity index (χ4n) is 4.24. The van der Waals surface area contributed by atoms with Gasteiger partial charge in [-0.1, -0.05) is 0 Å². The van der Waals surface area contributed by atoms with Gasteiger partial charge < -0.3 is 14.6 Å². The van der Waals surface area contributed by atoms with Crippen LogP contribution >= 0.6 is 15.9 Å². The monoisotopic (exact) mass is 335 g/mol. The van der Waals surface area contributed by atoms with Crippen molar-refractivity contribution in [1.82, 2.24) is 19.5 Å². The van der Waals surface area contributed by atoms with Crippen LogP contribution in [0, 0.1) is 11.8 Å². The highest BCUT2D eigenvalue weighted by Crippen LogP contribution is 2.61. The van der Waals surface area contributed by atoms with Crippen molar-refractivity contribution in [3.63, 3.8) is 0 Å². The lowest BCUT2D eigenvalue weighted by atomic mass is 9.95. The normalized spacial score (nSPS) is 37.4. The number of hydrogen-bond acceptors (Lipinski definition) is 5. The topological polar surface area (TPSA) is 64.9 Å². The third-order valence-electron chi connectivity index (χ3n) is 5.15. The molecule has 7 heteroatoms. The van der Waals surface area contributed by atoms with Gasteiger partial charge in [-0.25, -0.2) is 15.0 Å². The Morgan fingerprint density at radius 2 is 2.35 bits per heavy atom. The zero-order chi connectivity index (χ0) is 13.5. The molecular formula is C13H14BrN5O. The highest BCUT2D eigenvalue weighted by molar-refractivity contribution is 9.10. The van der Waals surface area contributed by atoms with E-state index in [-0.39, 0.29) is 5.72 Å². The van der Waals surface area contributed by atoms with Crippen molar-refractivity contribution in [2.45, 2.75) is 31.1 Å². The molecule has 2 aliphatic carbocycles. The minimum Gasteiger partial charge on any atom is -0.352 e. The molecule has 0 radical (unpaired) electrons. The summed E-state index contributed by atoms with van der Waals surface area (Å²) in [5.41, 5.74) is 1.42. The first-order valence-corrected chi connectivity index (χ1v) is 7.74. The number of aryl methyl sites for hydroxylation is 1. The van der Waals surface area contributed by atoms with Gasteiger partial charge >= 0.3 is 0 Å². The molecule has 2 aromatic heterocycles. The first-order chi connectivity index (χ1) is 9.66. The number of hydrogen-bond donors (Lipinski definition) is 1. The first kappa shape index (κ1) is 11.4. The van der Waals surface area contributed by atoms with Crippen LogP contribution in [-0.4, -0.2) is 31.3 Å². The lowest BCUT2D eigenvalue weighted by Gasteiger charge is -2.29. The first-order valence-electron chi connectivity index (χ1n) is 6.95. The number of fused-ring (bicyclic) bond motifs is 1. The Morgan fingerprint density at radius 1 is 1.45 bits per heavy atom. The second-order valence-electron chi connectivity index (χ2n) is 6.14. The van der Waals surface area contributed by atoms with E-state index < -0.39 is 0 Å². The van der Waals surface area contributed by atoms with Crippen molar-refractivity contribution in [2.75, 3.05) is 5.32 Å². The van der Waals surface area contributed by atoms with Gasteiger partial charge in [0.05, 0.1) is 6.10 Å². The molecule has 0 aromatic carbocycles. The van der Waals surface area contributed by atoms with E-state index in [0.717, 1.165) is 34.1 Å². The van der Waals surface area contributed by atoms with Crippen LogP contribution in [0.15, 0.2) is 11.1 Å². The molecule has 0 amide bonds. The van der Waals surface area contributed by atoms with Crippen LogP contribution < -0.4 is 5.32 Å². The third kappa shape index (κ3) is 1.25.